The van der Waals surface area contributed by atoms with E-state index < -0.39 is 0 Å². The number of para-hydroxylation sites is 3. The fourth-order valence-electron chi connectivity index (χ4n) is 4.90. The molecule has 2 heterocycles. The topological polar surface area (TPSA) is 17.8 Å². The van der Waals surface area contributed by atoms with Crippen LogP contribution >= 0.6 is 11.3 Å². The van der Waals surface area contributed by atoms with Gasteiger partial charge < -0.3 is 0 Å². The Hall–Kier alpha value is -4.21. The first-order valence-electron chi connectivity index (χ1n) is 11.4. The van der Waals surface area contributed by atoms with Crippen molar-refractivity contribution in [2.24, 2.45) is 0 Å². The Morgan fingerprint density at radius 2 is 1.26 bits per heavy atom. The van der Waals surface area contributed by atoms with E-state index in [1.54, 1.807) is 0 Å². The van der Waals surface area contributed by atoms with Crippen LogP contribution in [0.15, 0.2) is 121 Å². The molecule has 0 atom stereocenters. The second-order valence-corrected chi connectivity index (χ2v) is 9.48. The predicted octanol–water partition coefficient (Wildman–Crippen LogP) is 8.73. The van der Waals surface area contributed by atoms with E-state index in [0.29, 0.717) is 0 Å². The van der Waals surface area contributed by atoms with Gasteiger partial charge in [0.2, 0.25) is 0 Å². The smallest absolute Gasteiger partial charge is 0.147 e. The standard InChI is InChI=1S/C31H20N2S/c1-2-11-21(12-3-1)22-13-4-7-18-27(22)33-28-19-8-6-17-26(28)32-31(33)25-16-10-15-24-23-14-5-9-20-29(23)34-30(24)25/h1-20H. The van der Waals surface area contributed by atoms with E-state index in [0.717, 1.165) is 28.1 Å². The Labute approximate surface area is 201 Å². The van der Waals surface area contributed by atoms with Crippen molar-refractivity contribution in [3.8, 4) is 28.2 Å². The molecule has 0 amide bonds. The van der Waals surface area contributed by atoms with Gasteiger partial charge in [-0.2, -0.15) is 0 Å². The van der Waals surface area contributed by atoms with Crippen molar-refractivity contribution in [2.75, 3.05) is 0 Å². The normalized spacial score (nSPS) is 11.5. The monoisotopic (exact) mass is 452 g/mol. The lowest BCUT2D eigenvalue weighted by atomic mass is 10.0. The van der Waals surface area contributed by atoms with Crippen LogP contribution in [0.25, 0.3) is 59.4 Å². The van der Waals surface area contributed by atoms with Gasteiger partial charge in [-0.3, -0.25) is 4.57 Å². The molecule has 0 fully saturated rings. The number of hydrogen-bond acceptors (Lipinski definition) is 2. The molecule has 0 aliphatic carbocycles. The summed E-state index contributed by atoms with van der Waals surface area (Å²) in [6.45, 7) is 0. The van der Waals surface area contributed by atoms with E-state index in [2.05, 4.69) is 126 Å². The number of benzene rings is 5. The van der Waals surface area contributed by atoms with Gasteiger partial charge in [0.15, 0.2) is 0 Å². The summed E-state index contributed by atoms with van der Waals surface area (Å²) in [5.41, 5.74) is 6.80. The van der Waals surface area contributed by atoms with E-state index in [1.807, 2.05) is 11.3 Å². The maximum atomic E-state index is 5.18. The third-order valence-electron chi connectivity index (χ3n) is 6.44. The molecule has 0 saturated heterocycles. The Morgan fingerprint density at radius 3 is 2.21 bits per heavy atom. The summed E-state index contributed by atoms with van der Waals surface area (Å²) < 4.78 is 4.91. The van der Waals surface area contributed by atoms with Crippen LogP contribution in [0.4, 0.5) is 0 Å². The molecular weight excluding hydrogens is 432 g/mol. The summed E-state index contributed by atoms with van der Waals surface area (Å²) in [6.07, 6.45) is 0. The zero-order chi connectivity index (χ0) is 22.5. The highest BCUT2D eigenvalue weighted by Gasteiger charge is 2.20. The lowest BCUT2D eigenvalue weighted by Crippen LogP contribution is -2.00. The fraction of sp³-hybridized carbons (Fsp3) is 0. The van der Waals surface area contributed by atoms with Crippen molar-refractivity contribution >= 4 is 42.5 Å². The fourth-order valence-corrected chi connectivity index (χ4v) is 6.12. The molecule has 0 aliphatic heterocycles. The van der Waals surface area contributed by atoms with Crippen molar-refractivity contribution in [3.05, 3.63) is 121 Å². The number of aromatic nitrogens is 2. The molecular formula is C31H20N2S. The SMILES string of the molecule is c1ccc(-c2ccccc2-n2c(-c3cccc4c3sc3ccccc34)nc3ccccc32)cc1. The molecule has 2 nitrogen and oxygen atoms in total. The molecule has 0 bridgehead atoms. The van der Waals surface area contributed by atoms with Crippen LogP contribution in [-0.2, 0) is 0 Å². The molecule has 7 aromatic rings. The summed E-state index contributed by atoms with van der Waals surface area (Å²) in [5, 5.41) is 2.59. The van der Waals surface area contributed by atoms with E-state index in [1.165, 1.54) is 31.3 Å². The Kier molecular flexibility index (Phi) is 4.36. The van der Waals surface area contributed by atoms with Crippen molar-refractivity contribution < 1.29 is 0 Å². The molecule has 2 aromatic heterocycles. The second kappa shape index (κ2) is 7.68. The minimum Gasteiger partial charge on any atom is -0.292 e. The average molecular weight is 453 g/mol. The maximum Gasteiger partial charge on any atom is 0.147 e. The Bertz CT molecular complexity index is 1810. The quantitative estimate of drug-likeness (QED) is 0.262. The Morgan fingerprint density at radius 1 is 0.559 bits per heavy atom. The predicted molar refractivity (Wildman–Crippen MR) is 145 cm³/mol. The van der Waals surface area contributed by atoms with Gasteiger partial charge in [-0.15, -0.1) is 11.3 Å². The van der Waals surface area contributed by atoms with Gasteiger partial charge >= 0.3 is 0 Å². The van der Waals surface area contributed by atoms with Crippen LogP contribution in [0, 0.1) is 0 Å². The van der Waals surface area contributed by atoms with E-state index in [4.69, 9.17) is 4.98 Å². The van der Waals surface area contributed by atoms with Crippen LogP contribution in [0.3, 0.4) is 0 Å². The molecule has 0 N–H and O–H groups in total. The molecule has 0 spiro atoms. The van der Waals surface area contributed by atoms with Gasteiger partial charge in [-0.25, -0.2) is 4.98 Å². The third-order valence-corrected chi connectivity index (χ3v) is 7.66. The van der Waals surface area contributed by atoms with Crippen LogP contribution in [0.2, 0.25) is 0 Å². The van der Waals surface area contributed by atoms with E-state index >= 15 is 0 Å². The summed E-state index contributed by atoms with van der Waals surface area (Å²) >= 11 is 1.84. The minimum absolute atomic E-state index is 0.974. The van der Waals surface area contributed by atoms with Crippen LogP contribution in [0.5, 0.6) is 0 Å². The number of imidazole rings is 1. The number of nitrogens with zero attached hydrogens (tertiary/aromatic N) is 2. The zero-order valence-electron chi connectivity index (χ0n) is 18.3. The third kappa shape index (κ3) is 2.91. The van der Waals surface area contributed by atoms with Crippen molar-refractivity contribution in [2.45, 2.75) is 0 Å². The molecule has 0 aliphatic rings. The van der Waals surface area contributed by atoms with Gasteiger partial charge in [0.25, 0.3) is 0 Å². The maximum absolute atomic E-state index is 5.18. The highest BCUT2D eigenvalue weighted by atomic mass is 32.1. The molecule has 160 valence electrons. The van der Waals surface area contributed by atoms with Crippen molar-refractivity contribution in [1.29, 1.82) is 0 Å². The Balaban J connectivity index is 1.58. The van der Waals surface area contributed by atoms with Gasteiger partial charge in [0.05, 0.1) is 16.7 Å². The van der Waals surface area contributed by atoms with Crippen LogP contribution in [0.1, 0.15) is 0 Å². The van der Waals surface area contributed by atoms with Gasteiger partial charge in [-0.05, 0) is 35.9 Å². The van der Waals surface area contributed by atoms with Crippen LogP contribution in [-0.4, -0.2) is 9.55 Å². The van der Waals surface area contributed by atoms with Gasteiger partial charge in [0, 0.05) is 31.3 Å². The number of fused-ring (bicyclic) bond motifs is 4. The first-order valence-corrected chi connectivity index (χ1v) is 12.2. The summed E-state index contributed by atoms with van der Waals surface area (Å²) in [6, 6.07) is 42.9. The van der Waals surface area contributed by atoms with E-state index in [-0.39, 0.29) is 0 Å². The van der Waals surface area contributed by atoms with E-state index in [9.17, 15) is 0 Å². The first kappa shape index (κ1) is 19.3. The number of thiophene rings is 1. The second-order valence-electron chi connectivity index (χ2n) is 8.42. The first-order chi connectivity index (χ1) is 16.9. The molecule has 3 heteroatoms. The summed E-state index contributed by atoms with van der Waals surface area (Å²) in [4.78, 5) is 5.18. The lowest BCUT2D eigenvalue weighted by Gasteiger charge is -2.15. The zero-order valence-corrected chi connectivity index (χ0v) is 19.2. The molecule has 0 saturated carbocycles. The molecule has 0 radical (unpaired) electrons. The van der Waals surface area contributed by atoms with Crippen LogP contribution < -0.4 is 0 Å². The largest absolute Gasteiger partial charge is 0.292 e. The van der Waals surface area contributed by atoms with Crippen molar-refractivity contribution in [3.63, 3.8) is 0 Å². The molecule has 0 unspecified atom stereocenters. The molecule has 34 heavy (non-hydrogen) atoms. The summed E-state index contributed by atoms with van der Waals surface area (Å²) in [7, 11) is 0. The molecule has 5 aromatic carbocycles. The number of rotatable bonds is 3. The average Bonchev–Trinajstić information content (AvgIpc) is 3.48. The summed E-state index contributed by atoms with van der Waals surface area (Å²) in [5.74, 6) is 0.974. The lowest BCUT2D eigenvalue weighted by molar-refractivity contribution is 1.11. The van der Waals surface area contributed by atoms with Gasteiger partial charge in [-0.1, -0.05) is 91.0 Å². The highest BCUT2D eigenvalue weighted by molar-refractivity contribution is 7.26. The van der Waals surface area contributed by atoms with Crippen molar-refractivity contribution in [1.82, 2.24) is 9.55 Å². The van der Waals surface area contributed by atoms with Gasteiger partial charge in [0.1, 0.15) is 5.82 Å². The minimum atomic E-state index is 0.974. The number of hydrogen-bond donors (Lipinski definition) is 0. The highest BCUT2D eigenvalue weighted by Crippen LogP contribution is 2.41. The molecule has 7 rings (SSSR count).